The summed E-state index contributed by atoms with van der Waals surface area (Å²) in [7, 11) is 1.60. The molecule has 0 bridgehead atoms. The van der Waals surface area contributed by atoms with Gasteiger partial charge < -0.3 is 24.4 Å². The van der Waals surface area contributed by atoms with E-state index in [1.165, 1.54) is 30.3 Å². The van der Waals surface area contributed by atoms with Crippen molar-refractivity contribution < 1.29 is 27.5 Å². The van der Waals surface area contributed by atoms with Crippen LogP contribution in [0, 0.1) is 17.1 Å². The number of anilines is 3. The lowest BCUT2D eigenvalue weighted by atomic mass is 10.1. The van der Waals surface area contributed by atoms with Gasteiger partial charge in [-0.05, 0) is 42.5 Å². The first kappa shape index (κ1) is 31.5. The number of likely N-dealkylation sites (tertiary alicyclic amines) is 1. The van der Waals surface area contributed by atoms with E-state index < -0.39 is 30.2 Å². The molecule has 10 nitrogen and oxygen atoms in total. The maximum Gasteiger partial charge on any atom is 0.406 e. The third-order valence-electron chi connectivity index (χ3n) is 8.19. The summed E-state index contributed by atoms with van der Waals surface area (Å²) in [5.41, 5.74) is 1.07. The van der Waals surface area contributed by atoms with Crippen LogP contribution >= 0.6 is 11.3 Å². The van der Waals surface area contributed by atoms with Gasteiger partial charge in [0.05, 0.1) is 18.3 Å². The van der Waals surface area contributed by atoms with Crippen molar-refractivity contribution in [3.05, 3.63) is 69.7 Å². The molecule has 4 aromatic rings. The van der Waals surface area contributed by atoms with Gasteiger partial charge in [0.1, 0.15) is 29.0 Å². The van der Waals surface area contributed by atoms with Gasteiger partial charge in [-0.3, -0.25) is 14.5 Å². The van der Waals surface area contributed by atoms with Gasteiger partial charge in [0.15, 0.2) is 5.13 Å². The Labute approximate surface area is 264 Å². The number of hydrogen-bond donors (Lipinski definition) is 1. The lowest BCUT2D eigenvalue weighted by Gasteiger charge is -2.39. The molecule has 6 rings (SSSR count). The number of aromatic nitrogens is 2. The molecule has 2 aliphatic rings. The monoisotopic (exact) mass is 655 g/mol. The number of halogens is 4. The molecule has 15 heteroatoms. The third kappa shape index (κ3) is 6.41. The predicted octanol–water partition coefficient (Wildman–Crippen LogP) is 3.79. The minimum absolute atomic E-state index is 0.0309. The van der Waals surface area contributed by atoms with Crippen LogP contribution in [-0.4, -0.2) is 95.5 Å². The minimum atomic E-state index is -4.64. The summed E-state index contributed by atoms with van der Waals surface area (Å²) in [5.74, 6) is -0.483. The fraction of sp³-hybridized carbons (Fsp3) is 0.355. The fourth-order valence-electron chi connectivity index (χ4n) is 5.68. The molecule has 2 fully saturated rings. The molecule has 2 saturated heterocycles. The molecule has 46 heavy (non-hydrogen) atoms. The van der Waals surface area contributed by atoms with Crippen molar-refractivity contribution >= 4 is 44.5 Å². The number of amides is 1. The number of nitrogens with zero attached hydrogens (tertiary/aromatic N) is 7. The lowest BCUT2D eigenvalue weighted by Crippen LogP contribution is -2.57. The number of benzene rings is 2. The van der Waals surface area contributed by atoms with Gasteiger partial charge >= 0.3 is 6.18 Å². The van der Waals surface area contributed by atoms with E-state index in [2.05, 4.69) is 16.0 Å². The summed E-state index contributed by atoms with van der Waals surface area (Å²) in [4.78, 5) is 37.8. The van der Waals surface area contributed by atoms with Crippen molar-refractivity contribution in [2.75, 3.05) is 62.7 Å². The van der Waals surface area contributed by atoms with Crippen LogP contribution in [0.2, 0.25) is 0 Å². The largest absolute Gasteiger partial charge is 0.406 e. The summed E-state index contributed by atoms with van der Waals surface area (Å²) in [6, 6.07) is 12.6. The van der Waals surface area contributed by atoms with Gasteiger partial charge in [-0.25, -0.2) is 9.37 Å². The highest BCUT2D eigenvalue weighted by molar-refractivity contribution is 7.16. The van der Waals surface area contributed by atoms with Gasteiger partial charge in [-0.1, -0.05) is 11.3 Å². The first-order chi connectivity index (χ1) is 21.9. The fourth-order valence-corrected chi connectivity index (χ4v) is 6.55. The van der Waals surface area contributed by atoms with E-state index in [1.54, 1.807) is 29.0 Å². The molecule has 0 radical (unpaired) electrons. The van der Waals surface area contributed by atoms with Crippen molar-refractivity contribution in [3.8, 4) is 17.3 Å². The second-order valence-electron chi connectivity index (χ2n) is 11.4. The van der Waals surface area contributed by atoms with E-state index in [9.17, 15) is 37.5 Å². The summed E-state index contributed by atoms with van der Waals surface area (Å²) >= 11 is 1.03. The molecule has 0 aliphatic carbocycles. The molecule has 0 spiro atoms. The van der Waals surface area contributed by atoms with Crippen LogP contribution in [0.1, 0.15) is 4.88 Å². The summed E-state index contributed by atoms with van der Waals surface area (Å²) in [5, 5.41) is 20.1. The number of hydrogen-bond acceptors (Lipinski definition) is 9. The minimum Gasteiger partial charge on any atom is -0.389 e. The average Bonchev–Trinajstić information content (AvgIpc) is 3.45. The number of fused-ring (bicyclic) bond motifs is 1. The molecular formula is C31H29F4N7O3S. The molecule has 4 heterocycles. The van der Waals surface area contributed by atoms with Crippen LogP contribution in [-0.2, 0) is 11.3 Å². The molecule has 1 N–H and O–H groups in total. The molecular weight excluding hydrogens is 626 g/mol. The highest BCUT2D eigenvalue weighted by Crippen LogP contribution is 2.38. The van der Waals surface area contributed by atoms with Crippen molar-refractivity contribution in [1.82, 2.24) is 19.4 Å². The number of carbonyl (C=O) groups excluding carboxylic acids is 1. The molecule has 240 valence electrons. The Morgan fingerprint density at radius 2 is 1.80 bits per heavy atom. The second kappa shape index (κ2) is 12.3. The van der Waals surface area contributed by atoms with Crippen LogP contribution < -0.4 is 15.4 Å². The number of alkyl halides is 3. The van der Waals surface area contributed by atoms with Crippen LogP contribution in [0.4, 0.5) is 34.1 Å². The predicted molar refractivity (Wildman–Crippen MR) is 166 cm³/mol. The second-order valence-corrected chi connectivity index (χ2v) is 12.3. The maximum atomic E-state index is 13.5. The third-order valence-corrected chi connectivity index (χ3v) is 9.23. The number of aliphatic hydroxyl groups is 1. The lowest BCUT2D eigenvalue weighted by molar-refractivity contribution is -0.142. The van der Waals surface area contributed by atoms with E-state index in [-0.39, 0.29) is 28.4 Å². The Balaban J connectivity index is 1.33. The van der Waals surface area contributed by atoms with Crippen LogP contribution in [0.5, 0.6) is 0 Å². The van der Waals surface area contributed by atoms with E-state index in [1.807, 2.05) is 4.90 Å². The Morgan fingerprint density at radius 1 is 1.11 bits per heavy atom. The van der Waals surface area contributed by atoms with Crippen molar-refractivity contribution in [1.29, 1.82) is 5.26 Å². The maximum absolute atomic E-state index is 13.5. The average molecular weight is 656 g/mol. The standard InChI is InChI=1S/C31H29F4N7O3S/c1-38(30-37-28(26(13-36)46-30)19-2-4-20(32)5-3-19)25-16-42(18-31(33,34)35)29(45)23-7-6-21(12-24(23)25)40-10-8-39(9-11-40)17-27(44)41-14-22(43)15-41/h2-7,12,16,22,43H,8-11,14-15,17-18H2,1H3. The normalized spacial score (nSPS) is 16.0. The van der Waals surface area contributed by atoms with Crippen molar-refractivity contribution in [2.45, 2.75) is 18.8 Å². The highest BCUT2D eigenvalue weighted by atomic mass is 32.1. The number of thiazole rings is 1. The number of nitriles is 1. The van der Waals surface area contributed by atoms with Gasteiger partial charge in [-0.15, -0.1) is 0 Å². The Bertz CT molecular complexity index is 1870. The zero-order chi connectivity index (χ0) is 32.7. The van der Waals surface area contributed by atoms with E-state index in [4.69, 9.17) is 0 Å². The van der Waals surface area contributed by atoms with Gasteiger partial charge in [0.2, 0.25) is 5.91 Å². The van der Waals surface area contributed by atoms with E-state index in [0.717, 1.165) is 23.2 Å². The Kier molecular flexibility index (Phi) is 8.45. The smallest absolute Gasteiger partial charge is 0.389 e. The first-order valence-corrected chi connectivity index (χ1v) is 15.3. The summed E-state index contributed by atoms with van der Waals surface area (Å²) < 4.78 is 54.7. The molecule has 1 amide bonds. The molecule has 0 unspecified atom stereocenters. The Hall–Kier alpha value is -4.52. The number of rotatable bonds is 7. The summed E-state index contributed by atoms with van der Waals surface area (Å²) in [6.45, 7) is 1.83. The quantitative estimate of drug-likeness (QED) is 0.300. The van der Waals surface area contributed by atoms with Gasteiger partial charge in [0, 0.05) is 74.5 Å². The molecule has 2 aromatic carbocycles. The van der Waals surface area contributed by atoms with Crippen LogP contribution in [0.3, 0.4) is 0 Å². The number of carbonyl (C=O) groups is 1. The number of aliphatic hydroxyl groups excluding tert-OH is 1. The number of pyridine rings is 1. The topological polar surface area (TPSA) is 109 Å². The Morgan fingerprint density at radius 3 is 2.43 bits per heavy atom. The molecule has 2 aromatic heterocycles. The highest BCUT2D eigenvalue weighted by Gasteiger charge is 2.32. The number of β-amino-alcohol motifs (C(OH)–C–C–N with tert-alkyl or cyclic N) is 1. The summed E-state index contributed by atoms with van der Waals surface area (Å²) in [6.07, 6.45) is -3.95. The zero-order valence-electron chi connectivity index (χ0n) is 24.7. The van der Waals surface area contributed by atoms with Crippen molar-refractivity contribution in [3.63, 3.8) is 0 Å². The van der Waals surface area contributed by atoms with Crippen molar-refractivity contribution in [2.24, 2.45) is 0 Å². The number of piperazine rings is 1. The SMILES string of the molecule is CN(c1nc(-c2ccc(F)cc2)c(C#N)s1)c1cn(CC(F)(F)F)c(=O)c2ccc(N3CCN(CC(=O)N4CC(O)C4)CC3)cc12. The van der Waals surface area contributed by atoms with Crippen LogP contribution in [0.15, 0.2) is 53.5 Å². The molecule has 2 aliphatic heterocycles. The molecule has 0 atom stereocenters. The van der Waals surface area contributed by atoms with E-state index >= 15 is 0 Å². The van der Waals surface area contributed by atoms with Crippen LogP contribution in [0.25, 0.3) is 22.0 Å². The van der Waals surface area contributed by atoms with Gasteiger partial charge in [-0.2, -0.15) is 18.4 Å². The zero-order valence-corrected chi connectivity index (χ0v) is 25.5. The van der Waals surface area contributed by atoms with E-state index in [0.29, 0.717) is 65.6 Å². The van der Waals surface area contributed by atoms with Gasteiger partial charge in [0.25, 0.3) is 5.56 Å². The first-order valence-electron chi connectivity index (χ1n) is 14.5. The molecule has 0 saturated carbocycles.